The molecule has 2 aromatic rings. The fraction of sp³-hybridized carbons (Fsp3) is 0.429. The average Bonchev–Trinajstić information content (AvgIpc) is 3.21. The first kappa shape index (κ1) is 13.9. The van der Waals surface area contributed by atoms with E-state index in [-0.39, 0.29) is 30.3 Å². The molecule has 0 aliphatic heterocycles. The number of imidazole rings is 1. The number of nitrogens with one attached hydrogen (secondary N) is 2. The number of rotatable bonds is 5. The summed E-state index contributed by atoms with van der Waals surface area (Å²) in [5.41, 5.74) is 0.286. The highest BCUT2D eigenvalue weighted by molar-refractivity contribution is 5.77. The number of aromatic amines is 1. The van der Waals surface area contributed by atoms with Gasteiger partial charge in [0.05, 0.1) is 24.6 Å². The maximum Gasteiger partial charge on any atom is 0.222 e. The van der Waals surface area contributed by atoms with Crippen molar-refractivity contribution >= 4 is 16.9 Å². The molecule has 3 rings (SSSR count). The van der Waals surface area contributed by atoms with E-state index in [1.807, 2.05) is 0 Å². The molecule has 1 heterocycles. The standard InChI is InChI=1S/C14H15F2N3O2/c15-8-3-4-9-14(13(8)16)19-11(18-9)6-17-12(21)5-10(20)7-1-2-7/h3-4,7,10,20H,1-2,5-6H2,(H,17,21)(H,18,19). The van der Waals surface area contributed by atoms with Crippen molar-refractivity contribution in [3.63, 3.8) is 0 Å². The number of aliphatic hydroxyl groups is 1. The lowest BCUT2D eigenvalue weighted by molar-refractivity contribution is -0.123. The van der Waals surface area contributed by atoms with Gasteiger partial charge in [-0.2, -0.15) is 0 Å². The van der Waals surface area contributed by atoms with Crippen LogP contribution >= 0.6 is 0 Å². The molecule has 7 heteroatoms. The molecular weight excluding hydrogens is 280 g/mol. The summed E-state index contributed by atoms with van der Waals surface area (Å²) in [6, 6.07) is 2.41. The van der Waals surface area contributed by atoms with Gasteiger partial charge in [0, 0.05) is 0 Å². The second-order valence-electron chi connectivity index (χ2n) is 5.33. The lowest BCUT2D eigenvalue weighted by Gasteiger charge is -2.08. The smallest absolute Gasteiger partial charge is 0.222 e. The summed E-state index contributed by atoms with van der Waals surface area (Å²) in [4.78, 5) is 18.4. The van der Waals surface area contributed by atoms with E-state index in [4.69, 9.17) is 0 Å². The van der Waals surface area contributed by atoms with Crippen LogP contribution in [0.3, 0.4) is 0 Å². The minimum Gasteiger partial charge on any atom is -0.392 e. The number of benzene rings is 1. The number of amides is 1. The number of hydrogen-bond donors (Lipinski definition) is 3. The van der Waals surface area contributed by atoms with E-state index in [2.05, 4.69) is 15.3 Å². The van der Waals surface area contributed by atoms with Gasteiger partial charge in [-0.15, -0.1) is 0 Å². The number of aliphatic hydroxyl groups excluding tert-OH is 1. The molecule has 21 heavy (non-hydrogen) atoms. The number of carbonyl (C=O) groups excluding carboxylic acids is 1. The molecule has 1 amide bonds. The van der Waals surface area contributed by atoms with Gasteiger partial charge in [0.25, 0.3) is 0 Å². The fourth-order valence-corrected chi connectivity index (χ4v) is 2.24. The largest absolute Gasteiger partial charge is 0.392 e. The zero-order valence-electron chi connectivity index (χ0n) is 11.2. The van der Waals surface area contributed by atoms with E-state index in [1.54, 1.807) is 0 Å². The van der Waals surface area contributed by atoms with Crippen LogP contribution in [-0.2, 0) is 11.3 Å². The Hall–Kier alpha value is -2.02. The monoisotopic (exact) mass is 295 g/mol. The van der Waals surface area contributed by atoms with Crippen molar-refractivity contribution in [3.8, 4) is 0 Å². The van der Waals surface area contributed by atoms with Gasteiger partial charge in [-0.1, -0.05) is 0 Å². The van der Waals surface area contributed by atoms with E-state index >= 15 is 0 Å². The molecule has 1 aliphatic rings. The van der Waals surface area contributed by atoms with E-state index in [0.29, 0.717) is 11.3 Å². The molecule has 1 fully saturated rings. The average molecular weight is 295 g/mol. The van der Waals surface area contributed by atoms with Crippen LogP contribution in [0, 0.1) is 17.6 Å². The summed E-state index contributed by atoms with van der Waals surface area (Å²) in [7, 11) is 0. The molecule has 1 aromatic carbocycles. The number of halogens is 2. The van der Waals surface area contributed by atoms with Crippen LogP contribution in [0.25, 0.3) is 11.0 Å². The van der Waals surface area contributed by atoms with Crippen LogP contribution in [0.5, 0.6) is 0 Å². The van der Waals surface area contributed by atoms with Gasteiger partial charge in [-0.05, 0) is 30.9 Å². The van der Waals surface area contributed by atoms with Crippen molar-refractivity contribution in [2.45, 2.75) is 31.9 Å². The molecule has 0 bridgehead atoms. The van der Waals surface area contributed by atoms with Gasteiger partial charge in [0.1, 0.15) is 11.3 Å². The van der Waals surface area contributed by atoms with Crippen molar-refractivity contribution in [2.24, 2.45) is 5.92 Å². The Morgan fingerprint density at radius 2 is 2.24 bits per heavy atom. The third kappa shape index (κ3) is 3.02. The van der Waals surface area contributed by atoms with Crippen molar-refractivity contribution in [1.82, 2.24) is 15.3 Å². The molecule has 112 valence electrons. The predicted octanol–water partition coefficient (Wildman–Crippen LogP) is 1.62. The first-order valence-electron chi connectivity index (χ1n) is 6.82. The quantitative estimate of drug-likeness (QED) is 0.784. The Balaban J connectivity index is 1.62. The van der Waals surface area contributed by atoms with Gasteiger partial charge in [-0.25, -0.2) is 13.8 Å². The lowest BCUT2D eigenvalue weighted by Crippen LogP contribution is -2.28. The Kier molecular flexibility index (Phi) is 3.59. The van der Waals surface area contributed by atoms with Gasteiger partial charge in [0.15, 0.2) is 11.6 Å². The van der Waals surface area contributed by atoms with Gasteiger partial charge in [-0.3, -0.25) is 4.79 Å². The van der Waals surface area contributed by atoms with Crippen molar-refractivity contribution in [3.05, 3.63) is 29.6 Å². The topological polar surface area (TPSA) is 78.0 Å². The van der Waals surface area contributed by atoms with E-state index in [0.717, 1.165) is 18.9 Å². The first-order chi connectivity index (χ1) is 10.0. The number of nitrogens with zero attached hydrogens (tertiary/aromatic N) is 1. The Morgan fingerprint density at radius 1 is 1.48 bits per heavy atom. The van der Waals surface area contributed by atoms with Crippen LogP contribution in [0.1, 0.15) is 25.1 Å². The van der Waals surface area contributed by atoms with Gasteiger partial charge in [0.2, 0.25) is 5.91 Å². The Morgan fingerprint density at radius 3 is 2.95 bits per heavy atom. The van der Waals surface area contributed by atoms with Crippen LogP contribution < -0.4 is 5.32 Å². The highest BCUT2D eigenvalue weighted by atomic mass is 19.2. The maximum atomic E-state index is 13.5. The third-order valence-electron chi connectivity index (χ3n) is 3.61. The fourth-order valence-electron chi connectivity index (χ4n) is 2.24. The highest BCUT2D eigenvalue weighted by Gasteiger charge is 2.30. The third-order valence-corrected chi connectivity index (χ3v) is 3.61. The first-order valence-corrected chi connectivity index (χ1v) is 6.82. The second-order valence-corrected chi connectivity index (χ2v) is 5.33. The molecule has 3 N–H and O–H groups in total. The van der Waals surface area contributed by atoms with Crippen molar-refractivity contribution < 1.29 is 18.7 Å². The summed E-state index contributed by atoms with van der Waals surface area (Å²) in [6.45, 7) is 0.0754. The maximum absolute atomic E-state index is 13.5. The normalized spacial score (nSPS) is 16.1. The lowest BCUT2D eigenvalue weighted by atomic mass is 10.1. The molecule has 1 unspecified atom stereocenters. The summed E-state index contributed by atoms with van der Waals surface area (Å²) in [5, 5.41) is 12.3. The minimum absolute atomic E-state index is 0.0495. The van der Waals surface area contributed by atoms with Gasteiger partial charge >= 0.3 is 0 Å². The molecule has 0 spiro atoms. The SMILES string of the molecule is O=C(CC(O)C1CC1)NCc1nc2c(F)c(F)ccc2[nH]1. The van der Waals surface area contributed by atoms with Crippen LogP contribution in [0.4, 0.5) is 8.78 Å². The number of carbonyl (C=O) groups is 1. The number of H-pyrrole nitrogens is 1. The van der Waals surface area contributed by atoms with Gasteiger partial charge < -0.3 is 15.4 Å². The summed E-state index contributed by atoms with van der Waals surface area (Å²) in [5.74, 6) is -1.69. The number of aromatic nitrogens is 2. The Labute approximate surface area is 119 Å². The predicted molar refractivity (Wildman–Crippen MR) is 71.2 cm³/mol. The van der Waals surface area contributed by atoms with Crippen LogP contribution in [-0.4, -0.2) is 27.1 Å². The molecule has 1 saturated carbocycles. The zero-order valence-corrected chi connectivity index (χ0v) is 11.2. The molecule has 1 aliphatic carbocycles. The Bertz CT molecular complexity index is 682. The molecular formula is C14H15F2N3O2. The van der Waals surface area contributed by atoms with Crippen molar-refractivity contribution in [2.75, 3.05) is 0 Å². The molecule has 1 atom stereocenters. The molecule has 1 aromatic heterocycles. The molecule has 0 radical (unpaired) electrons. The number of fused-ring (bicyclic) bond motifs is 1. The molecule has 5 nitrogen and oxygen atoms in total. The second kappa shape index (κ2) is 5.40. The van der Waals surface area contributed by atoms with Crippen LogP contribution in [0.15, 0.2) is 12.1 Å². The van der Waals surface area contributed by atoms with Crippen LogP contribution in [0.2, 0.25) is 0 Å². The van der Waals surface area contributed by atoms with E-state index in [9.17, 15) is 18.7 Å². The summed E-state index contributed by atoms with van der Waals surface area (Å²) < 4.78 is 26.6. The number of hydrogen-bond acceptors (Lipinski definition) is 3. The summed E-state index contributed by atoms with van der Waals surface area (Å²) >= 11 is 0. The minimum atomic E-state index is -1.01. The summed E-state index contributed by atoms with van der Waals surface area (Å²) in [6.07, 6.45) is 1.37. The van der Waals surface area contributed by atoms with Crippen molar-refractivity contribution in [1.29, 1.82) is 0 Å². The zero-order chi connectivity index (χ0) is 15.0. The molecule has 0 saturated heterocycles. The van der Waals surface area contributed by atoms with E-state index in [1.165, 1.54) is 6.07 Å². The highest BCUT2D eigenvalue weighted by Crippen LogP contribution is 2.33. The van der Waals surface area contributed by atoms with E-state index < -0.39 is 17.7 Å².